The lowest BCUT2D eigenvalue weighted by Crippen LogP contribution is -2.23. The van der Waals surface area contributed by atoms with Gasteiger partial charge in [-0.3, -0.25) is 4.79 Å². The molecule has 0 saturated heterocycles. The first-order chi connectivity index (χ1) is 24.9. The van der Waals surface area contributed by atoms with E-state index in [2.05, 4.69) is 138 Å². The van der Waals surface area contributed by atoms with Crippen LogP contribution in [0.3, 0.4) is 0 Å². The Morgan fingerprint density at radius 2 is 0.942 bits per heavy atom. The number of anilines is 3. The van der Waals surface area contributed by atoms with Gasteiger partial charge >= 0.3 is 0 Å². The van der Waals surface area contributed by atoms with Crippen molar-refractivity contribution in [2.75, 3.05) is 4.90 Å². The summed E-state index contributed by atoms with van der Waals surface area (Å²) in [7, 11) is 0. The van der Waals surface area contributed by atoms with Crippen LogP contribution in [-0.2, 0) is 4.79 Å². The van der Waals surface area contributed by atoms with Gasteiger partial charge in [0.2, 0.25) is 22.9 Å². The summed E-state index contributed by atoms with van der Waals surface area (Å²) in [6.07, 6.45) is 7.93. The van der Waals surface area contributed by atoms with Crippen molar-refractivity contribution in [2.45, 2.75) is 55.4 Å². The molecule has 2 aliphatic carbocycles. The first-order valence-corrected chi connectivity index (χ1v) is 17.9. The van der Waals surface area contributed by atoms with Crippen LogP contribution in [0.15, 0.2) is 138 Å². The van der Waals surface area contributed by atoms with Crippen molar-refractivity contribution >= 4 is 45.5 Å². The fraction of sp³-hybridized carbons (Fsp3) is 0.167. The number of Topliss-reactive ketones (excluding diaryl/α,β-unsaturated/α-hetero) is 1. The van der Waals surface area contributed by atoms with Crippen molar-refractivity contribution in [1.82, 2.24) is 4.58 Å². The number of rotatable bonds is 6. The van der Waals surface area contributed by atoms with E-state index in [1.807, 2.05) is 48.6 Å². The zero-order valence-corrected chi connectivity index (χ0v) is 31.3. The Morgan fingerprint density at radius 3 is 1.37 bits per heavy atom. The molecule has 258 valence electrons. The average molecular weight is 682 g/mol. The Hall–Kier alpha value is -6.00. The number of aryl methyl sites for hydroxylation is 8. The van der Waals surface area contributed by atoms with Crippen LogP contribution in [0, 0.1) is 55.4 Å². The number of ketones is 1. The highest BCUT2D eigenvalue weighted by molar-refractivity contribution is 6.39. The van der Waals surface area contributed by atoms with Gasteiger partial charge in [0.15, 0.2) is 0 Å². The molecule has 5 aromatic rings. The van der Waals surface area contributed by atoms with E-state index >= 15 is 0 Å². The maximum Gasteiger partial charge on any atom is 0.214 e. The van der Waals surface area contributed by atoms with Crippen molar-refractivity contribution in [3.63, 3.8) is 0 Å². The van der Waals surface area contributed by atoms with Crippen molar-refractivity contribution < 1.29 is 9.90 Å². The molecule has 0 fully saturated rings. The third-order valence-corrected chi connectivity index (χ3v) is 10.1. The van der Waals surface area contributed by atoms with Gasteiger partial charge in [0.1, 0.15) is 5.76 Å². The van der Waals surface area contributed by atoms with Crippen LogP contribution in [0.4, 0.5) is 28.4 Å². The molecular formula is C48H45N2O2+. The summed E-state index contributed by atoms with van der Waals surface area (Å²) in [6.45, 7) is 17.0. The molecule has 0 heterocycles. The second-order valence-electron chi connectivity index (χ2n) is 14.4. The molecular weight excluding hydrogens is 637 g/mol. The minimum atomic E-state index is -0.153. The smallest absolute Gasteiger partial charge is 0.214 e. The first kappa shape index (κ1) is 34.4. The molecule has 0 aromatic heterocycles. The SMILES string of the molecule is Cc1ccc(N(c2ccc(C3=C(O)C(=C4C=CC(=[N+](c5ccc(C)cc5C)c5ccc(C)cc5C)C=C4)C3=O)cc2)c2ccc(C)cc2C)c(C)c1. The van der Waals surface area contributed by atoms with E-state index in [0.717, 1.165) is 34.1 Å². The maximum atomic E-state index is 13.7. The lowest BCUT2D eigenvalue weighted by atomic mass is 9.80. The molecule has 0 bridgehead atoms. The number of nitrogens with zero attached hydrogens (tertiary/aromatic N) is 2. The zero-order valence-electron chi connectivity index (χ0n) is 31.3. The molecule has 52 heavy (non-hydrogen) atoms. The number of hydrogen-bond donors (Lipinski definition) is 1. The van der Waals surface area contributed by atoms with E-state index in [4.69, 9.17) is 0 Å². The lowest BCUT2D eigenvalue weighted by molar-refractivity contribution is -0.111. The van der Waals surface area contributed by atoms with Crippen LogP contribution in [0.1, 0.15) is 50.1 Å². The van der Waals surface area contributed by atoms with Gasteiger partial charge in [0.05, 0.1) is 11.1 Å². The number of benzene rings is 5. The normalized spacial score (nSPS) is 13.9. The maximum absolute atomic E-state index is 13.7. The van der Waals surface area contributed by atoms with Gasteiger partial charge in [-0.2, -0.15) is 4.58 Å². The molecule has 0 amide bonds. The molecule has 0 saturated carbocycles. The third-order valence-electron chi connectivity index (χ3n) is 10.1. The van der Waals surface area contributed by atoms with Crippen LogP contribution in [0.2, 0.25) is 0 Å². The highest BCUT2D eigenvalue weighted by Crippen LogP contribution is 2.42. The van der Waals surface area contributed by atoms with Gasteiger partial charge in [-0.05, 0) is 126 Å². The molecule has 4 nitrogen and oxygen atoms in total. The molecule has 5 aromatic carbocycles. The van der Waals surface area contributed by atoms with Crippen LogP contribution < -0.4 is 9.48 Å². The number of aliphatic hydroxyl groups excluding tert-OH is 1. The van der Waals surface area contributed by atoms with Crippen molar-refractivity contribution in [1.29, 1.82) is 0 Å². The van der Waals surface area contributed by atoms with E-state index in [1.54, 1.807) is 0 Å². The van der Waals surface area contributed by atoms with Gasteiger partial charge in [-0.25, -0.2) is 0 Å². The van der Waals surface area contributed by atoms with Crippen LogP contribution in [0.5, 0.6) is 0 Å². The Balaban J connectivity index is 1.24. The van der Waals surface area contributed by atoms with Crippen molar-refractivity contribution in [2.24, 2.45) is 0 Å². The second kappa shape index (κ2) is 13.6. The summed E-state index contributed by atoms with van der Waals surface area (Å²) < 4.78 is 2.27. The molecule has 4 heteroatoms. The standard InChI is InChI=1S/C48H44N2O2/c1-29-9-21-41(33(5)25-29)49(42-22-10-30(2)26-34(42)6)39-17-13-37(14-18-39)45-47(51)46(48(45)52)38-15-19-40(20-16-38)50(43-23-11-31(3)27-35(43)7)44-24-12-32(4)28-36(44)8/h9-28H,1-8H3/p+1. The quantitative estimate of drug-likeness (QED) is 0.143. The van der Waals surface area contributed by atoms with Gasteiger partial charge < -0.3 is 10.0 Å². The highest BCUT2D eigenvalue weighted by atomic mass is 16.3. The minimum absolute atomic E-state index is 0.0340. The highest BCUT2D eigenvalue weighted by Gasteiger charge is 2.37. The largest absolute Gasteiger partial charge is 0.506 e. The number of allylic oxidation sites excluding steroid dienone is 7. The van der Waals surface area contributed by atoms with Gasteiger partial charge in [0, 0.05) is 52.5 Å². The minimum Gasteiger partial charge on any atom is -0.506 e. The molecule has 0 aliphatic heterocycles. The number of hydrogen-bond acceptors (Lipinski definition) is 3. The van der Waals surface area contributed by atoms with E-state index in [1.165, 1.54) is 44.5 Å². The summed E-state index contributed by atoms with van der Waals surface area (Å²) in [5, 5.41) is 11.4. The predicted octanol–water partition coefficient (Wildman–Crippen LogP) is 11.9. The molecule has 1 N–H and O–H groups in total. The first-order valence-electron chi connectivity index (χ1n) is 17.9. The fourth-order valence-corrected chi connectivity index (χ4v) is 7.53. The van der Waals surface area contributed by atoms with Crippen LogP contribution in [-0.4, -0.2) is 16.6 Å². The van der Waals surface area contributed by atoms with E-state index in [-0.39, 0.29) is 11.5 Å². The van der Waals surface area contributed by atoms with Crippen molar-refractivity contribution in [3.05, 3.63) is 188 Å². The summed E-state index contributed by atoms with van der Waals surface area (Å²) in [4.78, 5) is 16.0. The predicted molar refractivity (Wildman–Crippen MR) is 218 cm³/mol. The summed E-state index contributed by atoms with van der Waals surface area (Å²) in [6, 6.07) is 33.9. The van der Waals surface area contributed by atoms with Crippen LogP contribution in [0.25, 0.3) is 5.57 Å². The van der Waals surface area contributed by atoms with Gasteiger partial charge in [-0.1, -0.05) is 70.8 Å². The van der Waals surface area contributed by atoms with E-state index in [0.29, 0.717) is 22.3 Å². The number of aliphatic hydroxyl groups is 1. The topological polar surface area (TPSA) is 43.5 Å². The number of carbonyl (C=O) groups excluding carboxylic acids is 1. The molecule has 2 aliphatic rings. The summed E-state index contributed by atoms with van der Waals surface area (Å²) >= 11 is 0. The van der Waals surface area contributed by atoms with Crippen LogP contribution >= 0.6 is 0 Å². The van der Waals surface area contributed by atoms with E-state index in [9.17, 15) is 9.90 Å². The van der Waals surface area contributed by atoms with E-state index < -0.39 is 0 Å². The molecule has 7 rings (SSSR count). The third kappa shape index (κ3) is 6.26. The molecule has 0 atom stereocenters. The Morgan fingerprint density at radius 1 is 0.500 bits per heavy atom. The molecule has 0 spiro atoms. The Labute approximate surface area is 307 Å². The van der Waals surface area contributed by atoms with Gasteiger partial charge in [0.25, 0.3) is 0 Å². The van der Waals surface area contributed by atoms with Crippen molar-refractivity contribution in [3.8, 4) is 0 Å². The zero-order chi connectivity index (χ0) is 36.8. The second-order valence-corrected chi connectivity index (χ2v) is 14.4. The summed E-state index contributed by atoms with van der Waals surface area (Å²) in [5.41, 5.74) is 18.0. The number of carbonyl (C=O) groups is 1. The Bertz CT molecular complexity index is 2330. The monoisotopic (exact) mass is 681 g/mol. The lowest BCUT2D eigenvalue weighted by Gasteiger charge is -2.29. The molecule has 0 unspecified atom stereocenters. The molecule has 0 radical (unpaired) electrons. The average Bonchev–Trinajstić information content (AvgIpc) is 3.10. The van der Waals surface area contributed by atoms with Gasteiger partial charge in [-0.15, -0.1) is 0 Å². The Kier molecular flexibility index (Phi) is 9.02. The summed E-state index contributed by atoms with van der Waals surface area (Å²) in [5.74, 6) is -0.119. The fourth-order valence-electron chi connectivity index (χ4n) is 7.53.